The van der Waals surface area contributed by atoms with Gasteiger partial charge in [0, 0.05) is 11.7 Å². The summed E-state index contributed by atoms with van der Waals surface area (Å²) in [5, 5.41) is 2.74. The van der Waals surface area contributed by atoms with Crippen molar-refractivity contribution in [2.45, 2.75) is 52.5 Å². The second kappa shape index (κ2) is 7.28. The Hall–Kier alpha value is -2.70. The molecule has 154 valence electrons. The molecule has 2 saturated carbocycles. The number of amides is 5. The molecule has 1 aromatic carbocycles. The second-order valence-corrected chi connectivity index (χ2v) is 8.72. The summed E-state index contributed by atoms with van der Waals surface area (Å²) >= 11 is 0. The molecule has 3 fully saturated rings. The number of anilines is 1. The third kappa shape index (κ3) is 3.32. The number of nitrogens with one attached hydrogen (secondary N) is 1. The van der Waals surface area contributed by atoms with Crippen LogP contribution >= 0.6 is 0 Å². The molecule has 5 amide bonds. The van der Waals surface area contributed by atoms with Crippen LogP contribution in [0.3, 0.4) is 0 Å². The molecule has 1 heterocycles. The zero-order valence-corrected chi connectivity index (χ0v) is 17.1. The van der Waals surface area contributed by atoms with Crippen LogP contribution in [0.5, 0.6) is 0 Å². The van der Waals surface area contributed by atoms with Gasteiger partial charge >= 0.3 is 17.8 Å². The minimum Gasteiger partial charge on any atom is -0.324 e. The SMILES string of the molecule is Cc1cccc(NC(=O)CN2C(=O)C(=O)N([C@@H](C)[C@H]3C[C@H]4CC[C@H]3C4)C2=O)c1C. The van der Waals surface area contributed by atoms with Crippen LogP contribution < -0.4 is 5.32 Å². The van der Waals surface area contributed by atoms with Gasteiger partial charge < -0.3 is 5.32 Å². The van der Waals surface area contributed by atoms with Gasteiger partial charge in [-0.1, -0.05) is 18.6 Å². The van der Waals surface area contributed by atoms with Crippen LogP contribution in [-0.2, 0) is 14.4 Å². The zero-order chi connectivity index (χ0) is 20.9. The van der Waals surface area contributed by atoms with Crippen LogP contribution in [0.2, 0.25) is 0 Å². The van der Waals surface area contributed by atoms with Gasteiger partial charge in [-0.05, 0) is 75.0 Å². The minimum atomic E-state index is -0.916. The quantitative estimate of drug-likeness (QED) is 0.611. The molecule has 0 aromatic heterocycles. The van der Waals surface area contributed by atoms with Gasteiger partial charge in [0.25, 0.3) is 0 Å². The van der Waals surface area contributed by atoms with Gasteiger partial charge in [-0.3, -0.25) is 19.3 Å². The number of hydrogen-bond acceptors (Lipinski definition) is 4. The van der Waals surface area contributed by atoms with Crippen molar-refractivity contribution in [1.82, 2.24) is 9.80 Å². The fraction of sp³-hybridized carbons (Fsp3) is 0.545. The lowest BCUT2D eigenvalue weighted by Gasteiger charge is -2.32. The maximum absolute atomic E-state index is 12.9. The highest BCUT2D eigenvalue weighted by molar-refractivity contribution is 6.45. The lowest BCUT2D eigenvalue weighted by molar-refractivity contribution is -0.144. The van der Waals surface area contributed by atoms with Gasteiger partial charge in [-0.25, -0.2) is 9.69 Å². The molecule has 29 heavy (non-hydrogen) atoms. The van der Waals surface area contributed by atoms with Crippen LogP contribution in [0.4, 0.5) is 10.5 Å². The third-order valence-corrected chi connectivity index (χ3v) is 7.08. The molecular weight excluding hydrogens is 370 g/mol. The van der Waals surface area contributed by atoms with E-state index < -0.39 is 30.3 Å². The van der Waals surface area contributed by atoms with Crippen LogP contribution in [0.1, 0.15) is 43.7 Å². The first-order valence-corrected chi connectivity index (χ1v) is 10.3. The van der Waals surface area contributed by atoms with Crippen molar-refractivity contribution in [3.05, 3.63) is 29.3 Å². The van der Waals surface area contributed by atoms with E-state index in [9.17, 15) is 19.2 Å². The van der Waals surface area contributed by atoms with Crippen molar-refractivity contribution in [1.29, 1.82) is 0 Å². The Bertz CT molecular complexity index is 896. The van der Waals surface area contributed by atoms with Gasteiger partial charge in [0.15, 0.2) is 0 Å². The first kappa shape index (κ1) is 19.6. The predicted octanol–water partition coefficient (Wildman–Crippen LogP) is 2.86. The Kier molecular flexibility index (Phi) is 4.92. The molecule has 2 bridgehead atoms. The Morgan fingerprint density at radius 1 is 1.14 bits per heavy atom. The molecule has 4 rings (SSSR count). The molecule has 1 saturated heterocycles. The number of benzene rings is 1. The van der Waals surface area contributed by atoms with Crippen LogP contribution in [-0.4, -0.2) is 46.1 Å². The highest BCUT2D eigenvalue weighted by Crippen LogP contribution is 2.50. The average Bonchev–Trinajstić information content (AvgIpc) is 3.37. The molecule has 0 spiro atoms. The normalized spacial score (nSPS) is 27.1. The molecule has 4 atom stereocenters. The molecule has 3 aliphatic rings. The van der Waals surface area contributed by atoms with Crippen molar-refractivity contribution < 1.29 is 19.2 Å². The monoisotopic (exact) mass is 397 g/mol. The van der Waals surface area contributed by atoms with Crippen LogP contribution in [0.15, 0.2) is 18.2 Å². The summed E-state index contributed by atoms with van der Waals surface area (Å²) in [6.45, 7) is 5.22. The van der Waals surface area contributed by atoms with Gasteiger partial charge in [0.2, 0.25) is 5.91 Å². The van der Waals surface area contributed by atoms with Gasteiger partial charge in [-0.15, -0.1) is 0 Å². The first-order valence-electron chi connectivity index (χ1n) is 10.3. The molecule has 7 nitrogen and oxygen atoms in total. The smallest absolute Gasteiger partial charge is 0.324 e. The molecule has 0 unspecified atom stereocenters. The summed E-state index contributed by atoms with van der Waals surface area (Å²) in [5.41, 5.74) is 2.58. The Balaban J connectivity index is 1.45. The van der Waals surface area contributed by atoms with Crippen molar-refractivity contribution in [3.63, 3.8) is 0 Å². The molecule has 0 radical (unpaired) electrons. The van der Waals surface area contributed by atoms with E-state index in [1.807, 2.05) is 32.9 Å². The van der Waals surface area contributed by atoms with E-state index in [1.165, 1.54) is 6.42 Å². The topological polar surface area (TPSA) is 86.8 Å². The van der Waals surface area contributed by atoms with Crippen LogP contribution in [0, 0.1) is 31.6 Å². The molecule has 2 aliphatic carbocycles. The Labute approximate surface area is 170 Å². The van der Waals surface area contributed by atoms with Crippen molar-refractivity contribution >= 4 is 29.4 Å². The second-order valence-electron chi connectivity index (χ2n) is 8.72. The van der Waals surface area contributed by atoms with E-state index in [0.717, 1.165) is 40.2 Å². The summed E-state index contributed by atoms with van der Waals surface area (Å²) in [6, 6.07) is 4.54. The summed E-state index contributed by atoms with van der Waals surface area (Å²) in [7, 11) is 0. The largest absolute Gasteiger partial charge is 0.334 e. The number of nitrogens with zero attached hydrogens (tertiary/aromatic N) is 2. The van der Waals surface area contributed by atoms with E-state index in [0.29, 0.717) is 17.5 Å². The van der Waals surface area contributed by atoms with E-state index in [1.54, 1.807) is 6.07 Å². The lowest BCUT2D eigenvalue weighted by atomic mass is 9.83. The van der Waals surface area contributed by atoms with Crippen molar-refractivity contribution in [3.8, 4) is 0 Å². The number of hydrogen-bond donors (Lipinski definition) is 1. The number of urea groups is 1. The Morgan fingerprint density at radius 2 is 1.90 bits per heavy atom. The fourth-order valence-electron chi connectivity index (χ4n) is 5.32. The standard InChI is InChI=1S/C22H27N3O4/c1-12-5-4-6-18(13(12)2)23-19(26)11-24-20(27)21(28)25(22(24)29)14(3)17-10-15-7-8-16(17)9-15/h4-6,14-17H,7-11H2,1-3H3,(H,23,26)/t14-,15-,16-,17+/m0/s1. The Morgan fingerprint density at radius 3 is 2.55 bits per heavy atom. The highest BCUT2D eigenvalue weighted by atomic mass is 16.2. The minimum absolute atomic E-state index is 0.248. The van der Waals surface area contributed by atoms with Crippen molar-refractivity contribution in [2.75, 3.05) is 11.9 Å². The maximum Gasteiger partial charge on any atom is 0.334 e. The number of rotatable bonds is 5. The average molecular weight is 397 g/mol. The number of carbonyl (C=O) groups excluding carboxylic acids is 4. The van der Waals surface area contributed by atoms with Gasteiger partial charge in [0.1, 0.15) is 6.54 Å². The van der Waals surface area contributed by atoms with Gasteiger partial charge in [-0.2, -0.15) is 0 Å². The molecule has 7 heteroatoms. The van der Waals surface area contributed by atoms with Gasteiger partial charge in [0.05, 0.1) is 0 Å². The summed E-state index contributed by atoms with van der Waals surface area (Å²) in [4.78, 5) is 52.2. The number of aryl methyl sites for hydroxylation is 1. The molecule has 1 aliphatic heterocycles. The van der Waals surface area contributed by atoms with E-state index in [4.69, 9.17) is 0 Å². The predicted molar refractivity (Wildman–Crippen MR) is 107 cm³/mol. The molecule has 1 aromatic rings. The highest BCUT2D eigenvalue weighted by Gasteiger charge is 2.52. The summed E-state index contributed by atoms with van der Waals surface area (Å²) in [5.74, 6) is -0.783. The maximum atomic E-state index is 12.9. The number of carbonyl (C=O) groups is 4. The molecule has 1 N–H and O–H groups in total. The van der Waals surface area contributed by atoms with E-state index in [2.05, 4.69) is 5.32 Å². The fourth-order valence-corrected chi connectivity index (χ4v) is 5.32. The number of imide groups is 2. The molecular formula is C22H27N3O4. The van der Waals surface area contributed by atoms with E-state index in [-0.39, 0.29) is 12.0 Å². The first-order chi connectivity index (χ1) is 13.8. The number of fused-ring (bicyclic) bond motifs is 2. The summed E-state index contributed by atoms with van der Waals surface area (Å²) < 4.78 is 0. The zero-order valence-electron chi connectivity index (χ0n) is 17.1. The van der Waals surface area contributed by atoms with E-state index >= 15 is 0 Å². The summed E-state index contributed by atoms with van der Waals surface area (Å²) in [6.07, 6.45) is 4.51. The van der Waals surface area contributed by atoms with Crippen molar-refractivity contribution in [2.24, 2.45) is 17.8 Å². The van der Waals surface area contributed by atoms with Crippen LogP contribution in [0.25, 0.3) is 0 Å². The third-order valence-electron chi connectivity index (χ3n) is 7.08. The lowest BCUT2D eigenvalue weighted by Crippen LogP contribution is -2.45.